The van der Waals surface area contributed by atoms with Crippen LogP contribution in [-0.2, 0) is 0 Å². The van der Waals surface area contributed by atoms with Gasteiger partial charge in [0.1, 0.15) is 6.17 Å². The summed E-state index contributed by atoms with van der Waals surface area (Å²) in [4.78, 5) is 4.59. The van der Waals surface area contributed by atoms with Crippen LogP contribution in [0.5, 0.6) is 0 Å². The van der Waals surface area contributed by atoms with Gasteiger partial charge in [0.15, 0.2) is 0 Å². The number of hydrogen-bond acceptors (Lipinski definition) is 3. The van der Waals surface area contributed by atoms with Crippen LogP contribution in [0.2, 0.25) is 0 Å². The molecule has 0 aromatic heterocycles. The van der Waals surface area contributed by atoms with Gasteiger partial charge >= 0.3 is 0 Å². The lowest BCUT2D eigenvalue weighted by Crippen LogP contribution is -2.41. The summed E-state index contributed by atoms with van der Waals surface area (Å²) in [6.07, 6.45) is 11.8. The molecule has 0 aromatic carbocycles. The number of rotatable bonds is 6. The van der Waals surface area contributed by atoms with Crippen molar-refractivity contribution in [2.75, 3.05) is 14.1 Å². The van der Waals surface area contributed by atoms with Gasteiger partial charge in [0.25, 0.3) is 0 Å². The Hall–Kier alpha value is -1.35. The summed E-state index contributed by atoms with van der Waals surface area (Å²) >= 11 is 0. The van der Waals surface area contributed by atoms with E-state index in [1.54, 1.807) is 0 Å². The second-order valence-electron chi connectivity index (χ2n) is 5.27. The molecule has 106 valence electrons. The van der Waals surface area contributed by atoms with Gasteiger partial charge in [-0.15, -0.1) is 6.58 Å². The summed E-state index contributed by atoms with van der Waals surface area (Å²) in [6.45, 7) is 10.3. The van der Waals surface area contributed by atoms with Gasteiger partial charge in [-0.05, 0) is 37.7 Å². The van der Waals surface area contributed by atoms with Gasteiger partial charge in [-0.2, -0.15) is 0 Å². The van der Waals surface area contributed by atoms with Crippen LogP contribution in [0.15, 0.2) is 41.6 Å². The summed E-state index contributed by atoms with van der Waals surface area (Å²) in [6, 6.07) is 0. The van der Waals surface area contributed by atoms with Crippen LogP contribution in [0.25, 0.3) is 0 Å². The van der Waals surface area contributed by atoms with E-state index in [4.69, 9.17) is 0 Å². The fourth-order valence-corrected chi connectivity index (χ4v) is 2.30. The second-order valence-corrected chi connectivity index (χ2v) is 5.27. The largest absolute Gasteiger partial charge is 0.289 e. The zero-order valence-electron chi connectivity index (χ0n) is 12.9. The predicted molar refractivity (Wildman–Crippen MR) is 83.8 cm³/mol. The normalized spacial score (nSPS) is 22.7. The summed E-state index contributed by atoms with van der Waals surface area (Å²) in [5, 5.41) is 4.24. The Morgan fingerprint density at radius 2 is 2.21 bits per heavy atom. The molecule has 1 aliphatic heterocycles. The minimum absolute atomic E-state index is 0.167. The monoisotopic (exact) mass is 261 g/mol. The van der Waals surface area contributed by atoms with Crippen molar-refractivity contribution in [3.05, 3.63) is 36.6 Å². The maximum absolute atomic E-state index is 4.59. The van der Waals surface area contributed by atoms with E-state index in [1.807, 2.05) is 26.4 Å². The molecule has 3 nitrogen and oxygen atoms in total. The number of allylic oxidation sites excluding steroid dienone is 4. The first-order valence-electron chi connectivity index (χ1n) is 6.95. The van der Waals surface area contributed by atoms with Crippen molar-refractivity contribution in [1.82, 2.24) is 10.0 Å². The average Bonchev–Trinajstić information content (AvgIpc) is 2.40. The summed E-state index contributed by atoms with van der Waals surface area (Å²) in [5.41, 5.74) is 1.28. The predicted octanol–water partition coefficient (Wildman–Crippen LogP) is 3.48. The van der Waals surface area contributed by atoms with Crippen molar-refractivity contribution in [1.29, 1.82) is 0 Å². The highest BCUT2D eigenvalue weighted by Gasteiger charge is 2.23. The van der Waals surface area contributed by atoms with E-state index >= 15 is 0 Å². The standard InChI is InChI=1S/C16H27N3/c1-7-9-10-16(13(3)8-2)15-11-17-14(4)19(12-15)18(5)6/h7-9,11-14,16H,2,10H2,1,3-6H3/b9-7-/t13?,14?,16-/m1/s1. The van der Waals surface area contributed by atoms with Gasteiger partial charge in [0.05, 0.1) is 0 Å². The third-order valence-electron chi connectivity index (χ3n) is 3.63. The van der Waals surface area contributed by atoms with Crippen LogP contribution in [0, 0.1) is 11.8 Å². The van der Waals surface area contributed by atoms with Crippen molar-refractivity contribution >= 4 is 6.21 Å². The number of nitrogens with zero attached hydrogens (tertiary/aromatic N) is 3. The van der Waals surface area contributed by atoms with Gasteiger partial charge in [0, 0.05) is 26.5 Å². The maximum atomic E-state index is 4.59. The molecule has 3 heteroatoms. The van der Waals surface area contributed by atoms with Crippen LogP contribution in [-0.4, -0.2) is 36.5 Å². The summed E-state index contributed by atoms with van der Waals surface area (Å²) in [5.74, 6) is 0.874. The molecule has 0 fully saturated rings. The third kappa shape index (κ3) is 4.06. The van der Waals surface area contributed by atoms with Gasteiger partial charge in [-0.1, -0.05) is 25.2 Å². The molecule has 0 saturated carbocycles. The minimum Gasteiger partial charge on any atom is -0.289 e. The molecule has 1 rings (SSSR count). The first-order chi connectivity index (χ1) is 9.01. The molecule has 0 bridgehead atoms. The lowest BCUT2D eigenvalue weighted by molar-refractivity contribution is 0.0428. The molecule has 0 aliphatic carbocycles. The van der Waals surface area contributed by atoms with E-state index in [9.17, 15) is 0 Å². The molecular formula is C16H27N3. The first-order valence-corrected chi connectivity index (χ1v) is 6.95. The Morgan fingerprint density at radius 3 is 2.74 bits per heavy atom. The Bertz CT molecular complexity index is 379. The smallest absolute Gasteiger partial charge is 0.132 e. The molecule has 19 heavy (non-hydrogen) atoms. The van der Waals surface area contributed by atoms with E-state index in [1.165, 1.54) is 5.57 Å². The fourth-order valence-electron chi connectivity index (χ4n) is 2.30. The SMILES string of the molecule is C=CC(C)[C@@H](C/C=C\C)C1=CN(N(C)C)C(C)N=C1. The Kier molecular flexibility index (Phi) is 6.03. The molecule has 0 radical (unpaired) electrons. The zero-order chi connectivity index (χ0) is 14.4. The molecule has 0 spiro atoms. The lowest BCUT2D eigenvalue weighted by Gasteiger charge is -2.36. The molecule has 1 aliphatic rings. The topological polar surface area (TPSA) is 18.8 Å². The van der Waals surface area contributed by atoms with E-state index < -0.39 is 0 Å². The van der Waals surface area contributed by atoms with E-state index in [2.05, 4.69) is 60.7 Å². The Balaban J connectivity index is 2.97. The van der Waals surface area contributed by atoms with Crippen LogP contribution in [0.3, 0.4) is 0 Å². The average molecular weight is 261 g/mol. The van der Waals surface area contributed by atoms with Crippen molar-refractivity contribution in [3.63, 3.8) is 0 Å². The van der Waals surface area contributed by atoms with E-state index in [-0.39, 0.29) is 6.17 Å². The highest BCUT2D eigenvalue weighted by atomic mass is 15.6. The van der Waals surface area contributed by atoms with Crippen molar-refractivity contribution in [3.8, 4) is 0 Å². The zero-order valence-corrected chi connectivity index (χ0v) is 12.9. The van der Waals surface area contributed by atoms with Gasteiger partial charge in [0.2, 0.25) is 0 Å². The number of hydrazine groups is 1. The molecule has 0 aromatic rings. The third-order valence-corrected chi connectivity index (χ3v) is 3.63. The summed E-state index contributed by atoms with van der Waals surface area (Å²) < 4.78 is 0. The highest BCUT2D eigenvalue weighted by molar-refractivity contribution is 5.80. The molecule has 3 atom stereocenters. The second kappa shape index (κ2) is 7.29. The Morgan fingerprint density at radius 1 is 1.53 bits per heavy atom. The molecule has 0 amide bonds. The minimum atomic E-state index is 0.167. The highest BCUT2D eigenvalue weighted by Crippen LogP contribution is 2.27. The lowest BCUT2D eigenvalue weighted by atomic mass is 9.84. The van der Waals surface area contributed by atoms with E-state index in [0.29, 0.717) is 11.8 Å². The van der Waals surface area contributed by atoms with Crippen LogP contribution in [0.1, 0.15) is 27.2 Å². The van der Waals surface area contributed by atoms with Gasteiger partial charge in [-0.3, -0.25) is 10.0 Å². The van der Waals surface area contributed by atoms with Crippen molar-refractivity contribution < 1.29 is 0 Å². The Labute approximate surface area is 118 Å². The molecule has 0 saturated heterocycles. The summed E-state index contributed by atoms with van der Waals surface area (Å²) in [7, 11) is 4.09. The van der Waals surface area contributed by atoms with Crippen LogP contribution in [0.4, 0.5) is 0 Å². The molecule has 2 unspecified atom stereocenters. The number of hydrogen-bond donors (Lipinski definition) is 0. The first kappa shape index (κ1) is 15.7. The maximum Gasteiger partial charge on any atom is 0.132 e. The quantitative estimate of drug-likeness (QED) is 0.682. The molecular weight excluding hydrogens is 234 g/mol. The molecule has 0 N–H and O–H groups in total. The van der Waals surface area contributed by atoms with Crippen molar-refractivity contribution in [2.45, 2.75) is 33.4 Å². The van der Waals surface area contributed by atoms with Crippen LogP contribution < -0.4 is 0 Å². The van der Waals surface area contributed by atoms with E-state index in [0.717, 1.165) is 6.42 Å². The van der Waals surface area contributed by atoms with Gasteiger partial charge in [-0.25, -0.2) is 5.01 Å². The van der Waals surface area contributed by atoms with Crippen molar-refractivity contribution in [2.24, 2.45) is 16.8 Å². The van der Waals surface area contributed by atoms with Gasteiger partial charge < -0.3 is 0 Å². The fraction of sp³-hybridized carbons (Fsp3) is 0.562. The molecule has 1 heterocycles. The number of aliphatic imine (C=N–C) groups is 1. The van der Waals surface area contributed by atoms with Crippen LogP contribution >= 0.6 is 0 Å².